The van der Waals surface area contributed by atoms with Crippen LogP contribution in [-0.2, 0) is 11.2 Å². The van der Waals surface area contributed by atoms with Crippen molar-refractivity contribution in [2.24, 2.45) is 11.8 Å². The van der Waals surface area contributed by atoms with Crippen LogP contribution >= 0.6 is 11.6 Å². The van der Waals surface area contributed by atoms with Crippen molar-refractivity contribution in [1.82, 2.24) is 19.9 Å². The van der Waals surface area contributed by atoms with Gasteiger partial charge in [-0.1, -0.05) is 24.4 Å². The van der Waals surface area contributed by atoms with Crippen LogP contribution in [-0.4, -0.2) is 31.0 Å². The van der Waals surface area contributed by atoms with Crippen LogP contribution < -0.4 is 0 Å². The third-order valence-corrected chi connectivity index (χ3v) is 5.57. The largest absolute Gasteiger partial charge is 0.481 e. The Hall–Kier alpha value is -2.98. The van der Waals surface area contributed by atoms with Crippen LogP contribution in [0.5, 0.6) is 0 Å². The van der Waals surface area contributed by atoms with Gasteiger partial charge in [0.05, 0.1) is 23.2 Å². The number of hydrogen-bond acceptors (Lipinski definition) is 4. The molecule has 2 N–H and O–H groups in total. The third kappa shape index (κ3) is 3.43. The first-order valence-electron chi connectivity index (χ1n) is 9.16. The maximum Gasteiger partial charge on any atom is 0.306 e. The maximum absolute atomic E-state index is 11.6. The number of aromatic nitrogens is 4. The van der Waals surface area contributed by atoms with Gasteiger partial charge in [0.15, 0.2) is 0 Å². The number of aromatic amines is 1. The summed E-state index contributed by atoms with van der Waals surface area (Å²) in [5.74, 6) is -0.542. The second-order valence-electron chi connectivity index (χ2n) is 7.08. The van der Waals surface area contributed by atoms with Gasteiger partial charge in [0, 0.05) is 36.0 Å². The van der Waals surface area contributed by atoms with Crippen molar-refractivity contribution in [3.8, 4) is 11.3 Å². The Kier molecular flexibility index (Phi) is 4.97. The van der Waals surface area contributed by atoms with Gasteiger partial charge in [-0.3, -0.25) is 9.78 Å². The first-order valence-corrected chi connectivity index (χ1v) is 9.54. The van der Waals surface area contributed by atoms with Gasteiger partial charge in [0.1, 0.15) is 11.5 Å². The van der Waals surface area contributed by atoms with Crippen LogP contribution in [0, 0.1) is 18.4 Å². The van der Waals surface area contributed by atoms with Crippen molar-refractivity contribution in [2.75, 3.05) is 0 Å². The molecule has 3 heterocycles. The summed E-state index contributed by atoms with van der Waals surface area (Å²) in [5, 5.41) is 10.8. The molecular formula is C20H18ClN5O2. The van der Waals surface area contributed by atoms with E-state index < -0.39 is 5.97 Å². The van der Waals surface area contributed by atoms with E-state index >= 15 is 0 Å². The molecule has 142 valence electrons. The minimum Gasteiger partial charge on any atom is -0.481 e. The van der Waals surface area contributed by atoms with Crippen LogP contribution in [0.2, 0.25) is 5.02 Å². The fourth-order valence-electron chi connectivity index (χ4n) is 3.98. The lowest BCUT2D eigenvalue weighted by Gasteiger charge is -2.28. The zero-order valence-electron chi connectivity index (χ0n) is 15.0. The molecule has 1 fully saturated rings. The Labute approximate surface area is 166 Å². The number of hydrogen-bond donors (Lipinski definition) is 2. The number of H-pyrrole nitrogens is 1. The topological polar surface area (TPSA) is 96.1 Å². The van der Waals surface area contributed by atoms with Crippen molar-refractivity contribution >= 4 is 34.3 Å². The number of rotatable bonds is 4. The molecule has 1 unspecified atom stereocenters. The standard InChI is InChI=1S/C20H18ClN5O2/c1-22-16-10-23-17(6-11-4-2-3-5-13(11)20(27)28)26-18(16)15-9-25-19-14(15)7-12(21)8-24-19/h7-11,13H,2-6H2,(H,24,25)(H,27,28)/t11?,13-/m0/s1. The number of aliphatic carboxylic acids is 1. The van der Waals surface area contributed by atoms with E-state index in [1.807, 2.05) is 0 Å². The number of nitrogens with one attached hydrogen (secondary N) is 1. The first-order chi connectivity index (χ1) is 13.6. The van der Waals surface area contributed by atoms with E-state index in [0.717, 1.165) is 30.2 Å². The number of pyridine rings is 1. The number of carbonyl (C=O) groups is 1. The molecule has 2 atom stereocenters. The minimum atomic E-state index is -0.750. The highest BCUT2D eigenvalue weighted by atomic mass is 35.5. The second kappa shape index (κ2) is 7.56. The normalized spacial score (nSPS) is 19.4. The minimum absolute atomic E-state index is 0.0111. The molecule has 0 aromatic carbocycles. The lowest BCUT2D eigenvalue weighted by Crippen LogP contribution is -2.29. The van der Waals surface area contributed by atoms with E-state index in [4.69, 9.17) is 18.2 Å². The lowest BCUT2D eigenvalue weighted by molar-refractivity contribution is -0.144. The predicted molar refractivity (Wildman–Crippen MR) is 105 cm³/mol. The molecule has 7 nitrogen and oxygen atoms in total. The van der Waals surface area contributed by atoms with Crippen molar-refractivity contribution in [2.45, 2.75) is 32.1 Å². The average Bonchev–Trinajstić information content (AvgIpc) is 3.11. The van der Waals surface area contributed by atoms with Crippen LogP contribution in [0.15, 0.2) is 24.7 Å². The molecule has 8 heteroatoms. The van der Waals surface area contributed by atoms with Gasteiger partial charge in [-0.2, -0.15) is 0 Å². The summed E-state index contributed by atoms with van der Waals surface area (Å²) >= 11 is 6.09. The van der Waals surface area contributed by atoms with E-state index in [1.165, 1.54) is 6.20 Å². The van der Waals surface area contributed by atoms with Crippen molar-refractivity contribution in [3.05, 3.63) is 46.9 Å². The molecular weight excluding hydrogens is 378 g/mol. The molecule has 0 saturated heterocycles. The average molecular weight is 396 g/mol. The molecule has 3 aromatic heterocycles. The molecule has 4 rings (SSSR count). The molecule has 0 aliphatic heterocycles. The number of fused-ring (bicyclic) bond motifs is 1. The predicted octanol–water partition coefficient (Wildman–Crippen LogP) is 4.66. The highest BCUT2D eigenvalue weighted by Crippen LogP contribution is 2.36. The molecule has 0 spiro atoms. The molecule has 28 heavy (non-hydrogen) atoms. The zero-order chi connectivity index (χ0) is 19.7. The molecule has 1 aliphatic carbocycles. The summed E-state index contributed by atoms with van der Waals surface area (Å²) in [6.45, 7) is 7.46. The Balaban J connectivity index is 1.73. The van der Waals surface area contributed by atoms with Crippen molar-refractivity contribution < 1.29 is 9.90 Å². The van der Waals surface area contributed by atoms with Gasteiger partial charge < -0.3 is 10.1 Å². The molecule has 3 aromatic rings. The smallest absolute Gasteiger partial charge is 0.306 e. The highest BCUT2D eigenvalue weighted by Gasteiger charge is 2.31. The van der Waals surface area contributed by atoms with E-state index in [0.29, 0.717) is 40.7 Å². The highest BCUT2D eigenvalue weighted by molar-refractivity contribution is 6.31. The van der Waals surface area contributed by atoms with Gasteiger partial charge in [-0.25, -0.2) is 14.8 Å². The fraction of sp³-hybridized carbons (Fsp3) is 0.350. The summed E-state index contributed by atoms with van der Waals surface area (Å²) in [6.07, 6.45) is 8.83. The Morgan fingerprint density at radius 3 is 2.93 bits per heavy atom. The zero-order valence-corrected chi connectivity index (χ0v) is 15.8. The number of carboxylic acids is 1. The van der Waals surface area contributed by atoms with Gasteiger partial charge in [0.25, 0.3) is 0 Å². The van der Waals surface area contributed by atoms with Crippen molar-refractivity contribution in [3.63, 3.8) is 0 Å². The van der Waals surface area contributed by atoms with Crippen LogP contribution in [0.4, 0.5) is 5.69 Å². The molecule has 1 saturated carbocycles. The maximum atomic E-state index is 11.6. The quantitative estimate of drug-likeness (QED) is 0.626. The van der Waals surface area contributed by atoms with E-state index in [9.17, 15) is 9.90 Å². The fourth-order valence-corrected chi connectivity index (χ4v) is 4.13. The number of halogens is 1. The molecule has 0 radical (unpaired) electrons. The molecule has 0 bridgehead atoms. The van der Waals surface area contributed by atoms with Crippen LogP contribution in [0.3, 0.4) is 0 Å². The monoisotopic (exact) mass is 395 g/mol. The van der Waals surface area contributed by atoms with E-state index in [-0.39, 0.29) is 11.8 Å². The Bertz CT molecular complexity index is 1090. The van der Waals surface area contributed by atoms with E-state index in [1.54, 1.807) is 18.5 Å². The Morgan fingerprint density at radius 1 is 1.32 bits per heavy atom. The first kappa shape index (κ1) is 18.4. The van der Waals surface area contributed by atoms with Crippen LogP contribution in [0.1, 0.15) is 31.5 Å². The number of nitrogens with zero attached hydrogens (tertiary/aromatic N) is 4. The third-order valence-electron chi connectivity index (χ3n) is 5.36. The summed E-state index contributed by atoms with van der Waals surface area (Å²) in [5.41, 5.74) is 2.24. The van der Waals surface area contributed by atoms with Crippen LogP contribution in [0.25, 0.3) is 27.1 Å². The summed E-state index contributed by atoms with van der Waals surface area (Å²) in [6, 6.07) is 1.78. The molecule has 0 amide bonds. The SMILES string of the molecule is [C-]#[N+]c1cnc(CC2CCCC[C@@H]2C(=O)O)nc1-c1c[nH]c2ncc(Cl)cc12. The lowest BCUT2D eigenvalue weighted by atomic mass is 9.77. The number of carboxylic acid groups (broad SMARTS) is 1. The summed E-state index contributed by atoms with van der Waals surface area (Å²) < 4.78 is 0. The van der Waals surface area contributed by atoms with E-state index in [2.05, 4.69) is 24.8 Å². The van der Waals surface area contributed by atoms with Gasteiger partial charge in [-0.15, -0.1) is 0 Å². The Morgan fingerprint density at radius 2 is 2.14 bits per heavy atom. The van der Waals surface area contributed by atoms with Gasteiger partial charge in [-0.05, 0) is 24.8 Å². The molecule has 1 aliphatic rings. The summed E-state index contributed by atoms with van der Waals surface area (Å²) in [7, 11) is 0. The summed E-state index contributed by atoms with van der Waals surface area (Å²) in [4.78, 5) is 31.4. The second-order valence-corrected chi connectivity index (χ2v) is 7.51. The van der Waals surface area contributed by atoms with Crippen molar-refractivity contribution in [1.29, 1.82) is 0 Å². The van der Waals surface area contributed by atoms with Gasteiger partial charge in [0.2, 0.25) is 5.69 Å². The van der Waals surface area contributed by atoms with Gasteiger partial charge >= 0.3 is 5.97 Å².